The van der Waals surface area contributed by atoms with E-state index in [-0.39, 0.29) is 5.69 Å². The van der Waals surface area contributed by atoms with E-state index in [2.05, 4.69) is 15.9 Å². The molecule has 0 aliphatic heterocycles. The van der Waals surface area contributed by atoms with Crippen molar-refractivity contribution in [1.29, 1.82) is 0 Å². The molecule has 0 saturated heterocycles. The molecular weight excluding hydrogens is 346 g/mol. The molecule has 104 valence electrons. The normalized spacial score (nSPS) is 10.3. The highest BCUT2D eigenvalue weighted by Gasteiger charge is 2.12. The first-order valence-electron chi connectivity index (χ1n) is 5.79. The average Bonchev–Trinajstić information content (AvgIpc) is 2.41. The summed E-state index contributed by atoms with van der Waals surface area (Å²) in [4.78, 5) is 10.3. The van der Waals surface area contributed by atoms with Crippen LogP contribution in [0.4, 0.5) is 5.69 Å². The number of halogens is 2. The highest BCUT2D eigenvalue weighted by Crippen LogP contribution is 2.34. The quantitative estimate of drug-likeness (QED) is 0.427. The number of alkyl halides is 1. The molecule has 0 spiro atoms. The van der Waals surface area contributed by atoms with Gasteiger partial charge in [-0.25, -0.2) is 0 Å². The third kappa shape index (κ3) is 3.11. The molecule has 4 nitrogen and oxygen atoms in total. The second-order valence-corrected chi connectivity index (χ2v) is 5.13. The molecule has 0 heterocycles. The van der Waals surface area contributed by atoms with Crippen LogP contribution in [0.3, 0.4) is 0 Å². The van der Waals surface area contributed by atoms with E-state index >= 15 is 0 Å². The van der Waals surface area contributed by atoms with Gasteiger partial charge in [-0.3, -0.25) is 10.1 Å². The van der Waals surface area contributed by atoms with Crippen molar-refractivity contribution in [2.24, 2.45) is 0 Å². The second kappa shape index (κ2) is 6.24. The Hall–Kier alpha value is -1.59. The molecule has 0 amide bonds. The summed E-state index contributed by atoms with van der Waals surface area (Å²) in [6.45, 7) is 1.76. The van der Waals surface area contributed by atoms with Crippen molar-refractivity contribution in [3.63, 3.8) is 0 Å². The zero-order valence-corrected chi connectivity index (χ0v) is 12.9. The molecule has 6 heteroatoms. The van der Waals surface area contributed by atoms with E-state index in [1.54, 1.807) is 25.1 Å². The smallest absolute Gasteiger partial charge is 0.269 e. The number of nitro groups is 1. The van der Waals surface area contributed by atoms with Gasteiger partial charge in [0.05, 0.1) is 4.92 Å². The molecule has 0 aromatic heterocycles. The summed E-state index contributed by atoms with van der Waals surface area (Å²) in [6.07, 6.45) is 0. The molecule has 20 heavy (non-hydrogen) atoms. The Morgan fingerprint density at radius 2 is 2.05 bits per heavy atom. The van der Waals surface area contributed by atoms with Gasteiger partial charge < -0.3 is 4.74 Å². The van der Waals surface area contributed by atoms with Gasteiger partial charge >= 0.3 is 0 Å². The maximum absolute atomic E-state index is 10.7. The van der Waals surface area contributed by atoms with Crippen molar-refractivity contribution >= 4 is 33.2 Å². The maximum Gasteiger partial charge on any atom is 0.269 e. The summed E-state index contributed by atoms with van der Waals surface area (Å²) in [5.74, 6) is 1.20. The fourth-order valence-corrected chi connectivity index (χ4v) is 2.72. The Balaban J connectivity index is 2.36. The Kier molecular flexibility index (Phi) is 4.62. The van der Waals surface area contributed by atoms with Crippen LogP contribution in [0.25, 0.3) is 0 Å². The molecule has 0 atom stereocenters. The number of hydrogen-bond donors (Lipinski definition) is 0. The third-order valence-corrected chi connectivity index (χ3v) is 3.71. The largest absolute Gasteiger partial charge is 0.457 e. The van der Waals surface area contributed by atoms with Gasteiger partial charge in [0, 0.05) is 28.0 Å². The summed E-state index contributed by atoms with van der Waals surface area (Å²) in [5.41, 5.74) is 1.58. The summed E-state index contributed by atoms with van der Waals surface area (Å²) in [5, 5.41) is 11.9. The number of nitrogens with zero attached hydrogens (tertiary/aromatic N) is 1. The number of aryl methyl sites for hydroxylation is 1. The first-order valence-corrected chi connectivity index (χ1v) is 7.29. The minimum atomic E-state index is -0.430. The Labute approximate surface area is 129 Å². The molecule has 0 aliphatic rings. The zero-order valence-electron chi connectivity index (χ0n) is 10.6. The number of rotatable bonds is 4. The van der Waals surface area contributed by atoms with Gasteiger partial charge in [-0.2, -0.15) is 0 Å². The van der Waals surface area contributed by atoms with Crippen LogP contribution in [0.5, 0.6) is 11.5 Å². The molecule has 0 unspecified atom stereocenters. The highest BCUT2D eigenvalue weighted by atomic mass is 79.9. The van der Waals surface area contributed by atoms with Crippen molar-refractivity contribution in [1.82, 2.24) is 0 Å². The Morgan fingerprint density at radius 3 is 2.65 bits per heavy atom. The van der Waals surface area contributed by atoms with Crippen molar-refractivity contribution in [3.8, 4) is 11.5 Å². The lowest BCUT2D eigenvalue weighted by Gasteiger charge is -2.12. The van der Waals surface area contributed by atoms with Crippen molar-refractivity contribution in [3.05, 3.63) is 62.7 Å². The monoisotopic (exact) mass is 355 g/mol. The molecule has 0 aliphatic carbocycles. The van der Waals surface area contributed by atoms with Crippen molar-refractivity contribution in [2.45, 2.75) is 12.3 Å². The van der Waals surface area contributed by atoms with Gasteiger partial charge in [0.25, 0.3) is 5.69 Å². The molecule has 0 radical (unpaired) electrons. The summed E-state index contributed by atoms with van der Waals surface area (Å²) < 4.78 is 5.81. The van der Waals surface area contributed by atoms with Gasteiger partial charge in [0.1, 0.15) is 11.5 Å². The van der Waals surface area contributed by atoms with Crippen molar-refractivity contribution < 1.29 is 9.66 Å². The Bertz CT molecular complexity index is 661. The molecule has 0 bridgehead atoms. The van der Waals surface area contributed by atoms with Crippen molar-refractivity contribution in [2.75, 3.05) is 0 Å². The van der Waals surface area contributed by atoms with Gasteiger partial charge in [-0.1, -0.05) is 33.6 Å². The lowest BCUT2D eigenvalue weighted by Crippen LogP contribution is -1.94. The molecule has 0 saturated carbocycles. The molecule has 0 fully saturated rings. The van der Waals surface area contributed by atoms with Crippen LogP contribution in [0.1, 0.15) is 11.1 Å². The lowest BCUT2D eigenvalue weighted by atomic mass is 10.2. The van der Waals surface area contributed by atoms with E-state index in [0.717, 1.165) is 5.56 Å². The van der Waals surface area contributed by atoms with E-state index in [1.165, 1.54) is 12.1 Å². The Morgan fingerprint density at radius 1 is 1.30 bits per heavy atom. The van der Waals surface area contributed by atoms with Crippen LogP contribution in [0.2, 0.25) is 5.02 Å². The minimum Gasteiger partial charge on any atom is -0.457 e. The third-order valence-electron chi connectivity index (χ3n) is 2.80. The van der Waals surface area contributed by atoms with E-state index < -0.39 is 4.92 Å². The minimum absolute atomic E-state index is 0.0432. The van der Waals surface area contributed by atoms with Crippen LogP contribution in [-0.2, 0) is 5.33 Å². The second-order valence-electron chi connectivity index (χ2n) is 4.16. The molecule has 2 rings (SSSR count). The van der Waals surface area contributed by atoms with Gasteiger partial charge in [0.15, 0.2) is 0 Å². The van der Waals surface area contributed by atoms with Crippen LogP contribution in [-0.4, -0.2) is 4.92 Å². The predicted molar refractivity (Wildman–Crippen MR) is 82.0 cm³/mol. The molecular formula is C14H11BrClNO3. The SMILES string of the molecule is Cc1cc([N+](=O)[O-])ccc1Oc1cccc(Cl)c1CBr. The summed E-state index contributed by atoms with van der Waals surface area (Å²) >= 11 is 9.47. The van der Waals surface area contributed by atoms with Crippen LogP contribution in [0.15, 0.2) is 36.4 Å². The average molecular weight is 357 g/mol. The number of hydrogen-bond acceptors (Lipinski definition) is 3. The fraction of sp³-hybridized carbons (Fsp3) is 0.143. The zero-order chi connectivity index (χ0) is 14.7. The van der Waals surface area contributed by atoms with E-state index in [1.807, 2.05) is 6.07 Å². The molecule has 2 aromatic carbocycles. The summed E-state index contributed by atoms with van der Waals surface area (Å²) in [6, 6.07) is 9.88. The van der Waals surface area contributed by atoms with Crippen LogP contribution < -0.4 is 4.74 Å². The number of non-ortho nitro benzene ring substituents is 1. The van der Waals surface area contributed by atoms with Gasteiger partial charge in [0.2, 0.25) is 0 Å². The fourth-order valence-electron chi connectivity index (χ4n) is 1.74. The van der Waals surface area contributed by atoms with E-state index in [0.29, 0.717) is 27.4 Å². The van der Waals surface area contributed by atoms with E-state index in [4.69, 9.17) is 16.3 Å². The molecule has 0 N–H and O–H groups in total. The van der Waals surface area contributed by atoms with Crippen LogP contribution in [0, 0.1) is 17.0 Å². The lowest BCUT2D eigenvalue weighted by molar-refractivity contribution is -0.384. The standard InChI is InChI=1S/C14H11BrClNO3/c1-9-7-10(17(18)19)5-6-13(9)20-14-4-2-3-12(16)11(14)8-15/h2-7H,8H2,1H3. The maximum atomic E-state index is 10.7. The first kappa shape index (κ1) is 14.8. The van der Waals surface area contributed by atoms with Gasteiger partial charge in [-0.05, 0) is 30.7 Å². The van der Waals surface area contributed by atoms with Crippen LogP contribution >= 0.6 is 27.5 Å². The first-order chi connectivity index (χ1) is 9.52. The predicted octanol–water partition coefficient (Wildman–Crippen LogP) is 5.24. The molecule has 2 aromatic rings. The topological polar surface area (TPSA) is 52.4 Å². The number of nitro benzene ring substituents is 1. The van der Waals surface area contributed by atoms with E-state index in [9.17, 15) is 10.1 Å². The number of ether oxygens (including phenoxy) is 1. The highest BCUT2D eigenvalue weighted by molar-refractivity contribution is 9.08. The van der Waals surface area contributed by atoms with Gasteiger partial charge in [-0.15, -0.1) is 0 Å². The summed E-state index contributed by atoms with van der Waals surface area (Å²) in [7, 11) is 0. The number of benzene rings is 2.